The summed E-state index contributed by atoms with van der Waals surface area (Å²) >= 11 is 3.42. The van der Waals surface area contributed by atoms with E-state index in [-0.39, 0.29) is 11.9 Å². The number of anilines is 1. The first-order valence-corrected chi connectivity index (χ1v) is 7.28. The van der Waals surface area contributed by atoms with Crippen molar-refractivity contribution in [3.05, 3.63) is 52.8 Å². The molecule has 0 bridgehead atoms. The Morgan fingerprint density at radius 3 is 2.75 bits per heavy atom. The summed E-state index contributed by atoms with van der Waals surface area (Å²) in [6.07, 6.45) is 1.92. The van der Waals surface area contributed by atoms with Gasteiger partial charge in [-0.3, -0.25) is 4.79 Å². The molecule has 5 heteroatoms. The second-order valence-electron chi connectivity index (χ2n) is 4.60. The molecular weight excluding hydrogens is 318 g/mol. The number of rotatable bonds is 5. The minimum atomic E-state index is -0.0438. The molecule has 2 rings (SSSR count). The van der Waals surface area contributed by atoms with Crippen LogP contribution in [0.3, 0.4) is 0 Å². The predicted octanol–water partition coefficient (Wildman–Crippen LogP) is 3.17. The van der Waals surface area contributed by atoms with Crippen LogP contribution >= 0.6 is 15.9 Å². The summed E-state index contributed by atoms with van der Waals surface area (Å²) in [4.78, 5) is 12.1. The van der Waals surface area contributed by atoms with E-state index in [9.17, 15) is 4.79 Å². The van der Waals surface area contributed by atoms with E-state index in [0.717, 1.165) is 15.9 Å². The number of para-hydroxylation sites is 1. The maximum Gasteiger partial charge on any atom is 0.244 e. The van der Waals surface area contributed by atoms with Crippen LogP contribution in [0.15, 0.2) is 47.1 Å². The topological polar surface area (TPSA) is 46.1 Å². The molecule has 4 nitrogen and oxygen atoms in total. The Balaban J connectivity index is 2.06. The summed E-state index contributed by atoms with van der Waals surface area (Å²) in [5.41, 5.74) is 1.88. The molecule has 0 aliphatic heterocycles. The van der Waals surface area contributed by atoms with Crippen molar-refractivity contribution in [2.24, 2.45) is 0 Å². The van der Waals surface area contributed by atoms with Crippen LogP contribution in [0.1, 0.15) is 18.7 Å². The third-order valence-corrected chi connectivity index (χ3v) is 3.89. The van der Waals surface area contributed by atoms with Crippen molar-refractivity contribution in [3.63, 3.8) is 0 Å². The van der Waals surface area contributed by atoms with Crippen LogP contribution in [0, 0.1) is 0 Å². The number of carbonyl (C=O) groups excluding carboxylic acids is 1. The Morgan fingerprint density at radius 1 is 1.30 bits per heavy atom. The normalized spacial score (nSPS) is 12.2. The van der Waals surface area contributed by atoms with Crippen molar-refractivity contribution < 1.29 is 4.79 Å². The van der Waals surface area contributed by atoms with E-state index in [1.807, 2.05) is 54.2 Å². The third-order valence-electron chi connectivity index (χ3n) is 3.20. The first-order chi connectivity index (χ1) is 9.61. The van der Waals surface area contributed by atoms with Crippen LogP contribution in [-0.2, 0) is 11.3 Å². The number of halogens is 1. The lowest BCUT2D eigenvalue weighted by atomic mass is 10.2. The molecule has 0 spiro atoms. The zero-order valence-electron chi connectivity index (χ0n) is 11.6. The van der Waals surface area contributed by atoms with Crippen molar-refractivity contribution in [1.82, 2.24) is 9.88 Å². The van der Waals surface area contributed by atoms with E-state index in [1.54, 1.807) is 0 Å². The molecule has 0 aliphatic carbocycles. The number of benzene rings is 1. The van der Waals surface area contributed by atoms with E-state index >= 15 is 0 Å². The highest BCUT2D eigenvalue weighted by atomic mass is 79.9. The Kier molecular flexibility index (Phi) is 4.98. The van der Waals surface area contributed by atoms with Crippen LogP contribution in [-0.4, -0.2) is 17.5 Å². The van der Waals surface area contributed by atoms with E-state index in [0.29, 0.717) is 6.54 Å². The molecule has 0 radical (unpaired) electrons. The van der Waals surface area contributed by atoms with Gasteiger partial charge in [0, 0.05) is 22.4 Å². The van der Waals surface area contributed by atoms with E-state index < -0.39 is 0 Å². The summed E-state index contributed by atoms with van der Waals surface area (Å²) in [5, 5.41) is 6.09. The first-order valence-electron chi connectivity index (χ1n) is 6.48. The van der Waals surface area contributed by atoms with Crippen LogP contribution in [0.2, 0.25) is 0 Å². The molecule has 1 heterocycles. The average Bonchev–Trinajstić information content (AvgIpc) is 2.88. The highest BCUT2D eigenvalue weighted by Gasteiger charge is 2.11. The van der Waals surface area contributed by atoms with Crippen molar-refractivity contribution in [2.75, 3.05) is 12.4 Å². The number of hydrogen-bond acceptors (Lipinski definition) is 2. The van der Waals surface area contributed by atoms with Crippen molar-refractivity contribution in [1.29, 1.82) is 0 Å². The molecule has 1 aromatic heterocycles. The molecule has 0 fully saturated rings. The SMILES string of the molecule is CNC(C)c1cccn1CC(=O)Nc1ccccc1Br. The number of amides is 1. The molecule has 2 N–H and O–H groups in total. The van der Waals surface area contributed by atoms with Crippen LogP contribution < -0.4 is 10.6 Å². The van der Waals surface area contributed by atoms with Gasteiger partial charge in [0.25, 0.3) is 0 Å². The van der Waals surface area contributed by atoms with Gasteiger partial charge in [0.15, 0.2) is 0 Å². The second kappa shape index (κ2) is 6.72. The Hall–Kier alpha value is -1.59. The average molecular weight is 336 g/mol. The fourth-order valence-corrected chi connectivity index (χ4v) is 2.40. The lowest BCUT2D eigenvalue weighted by Gasteiger charge is -2.15. The molecule has 1 aromatic carbocycles. The maximum absolute atomic E-state index is 12.1. The minimum Gasteiger partial charge on any atom is -0.341 e. The number of aromatic nitrogens is 1. The summed E-state index contributed by atoms with van der Waals surface area (Å²) in [6, 6.07) is 11.8. The molecule has 0 saturated carbocycles. The standard InChI is InChI=1S/C15H18BrN3O/c1-11(17-2)14-8-5-9-19(14)10-15(20)18-13-7-4-3-6-12(13)16/h3-9,11,17H,10H2,1-2H3,(H,18,20). The minimum absolute atomic E-state index is 0.0438. The van der Waals surface area contributed by atoms with Crippen LogP contribution in [0.4, 0.5) is 5.69 Å². The molecule has 1 unspecified atom stereocenters. The lowest BCUT2D eigenvalue weighted by molar-refractivity contribution is -0.116. The highest BCUT2D eigenvalue weighted by molar-refractivity contribution is 9.10. The van der Waals surface area contributed by atoms with E-state index in [1.165, 1.54) is 0 Å². The van der Waals surface area contributed by atoms with Gasteiger partial charge in [0.1, 0.15) is 6.54 Å². The van der Waals surface area contributed by atoms with Gasteiger partial charge in [-0.15, -0.1) is 0 Å². The lowest BCUT2D eigenvalue weighted by Crippen LogP contribution is -2.23. The van der Waals surface area contributed by atoms with Gasteiger partial charge in [-0.2, -0.15) is 0 Å². The summed E-state index contributed by atoms with van der Waals surface area (Å²) in [5.74, 6) is -0.0438. The molecule has 20 heavy (non-hydrogen) atoms. The maximum atomic E-state index is 12.1. The molecule has 1 amide bonds. The van der Waals surface area contributed by atoms with Crippen molar-refractivity contribution in [3.8, 4) is 0 Å². The molecule has 106 valence electrons. The van der Waals surface area contributed by atoms with Crippen LogP contribution in [0.25, 0.3) is 0 Å². The molecular formula is C15H18BrN3O. The van der Waals surface area contributed by atoms with Gasteiger partial charge in [-0.05, 0) is 54.2 Å². The molecule has 1 atom stereocenters. The van der Waals surface area contributed by atoms with Gasteiger partial charge < -0.3 is 15.2 Å². The summed E-state index contributed by atoms with van der Waals surface area (Å²) < 4.78 is 2.83. The number of hydrogen-bond donors (Lipinski definition) is 2. The second-order valence-corrected chi connectivity index (χ2v) is 5.45. The van der Waals surface area contributed by atoms with Gasteiger partial charge in [0.05, 0.1) is 5.69 Å². The number of nitrogens with one attached hydrogen (secondary N) is 2. The fraction of sp³-hybridized carbons (Fsp3) is 0.267. The van der Waals surface area contributed by atoms with Gasteiger partial charge in [0.2, 0.25) is 5.91 Å². The molecule has 0 aliphatic rings. The van der Waals surface area contributed by atoms with Crippen molar-refractivity contribution >= 4 is 27.5 Å². The first kappa shape index (κ1) is 14.8. The summed E-state index contributed by atoms with van der Waals surface area (Å²) in [6.45, 7) is 2.37. The van der Waals surface area contributed by atoms with Gasteiger partial charge in [-0.1, -0.05) is 12.1 Å². The quantitative estimate of drug-likeness (QED) is 0.881. The van der Waals surface area contributed by atoms with E-state index in [2.05, 4.69) is 33.5 Å². The zero-order valence-corrected chi connectivity index (χ0v) is 13.1. The molecule has 2 aromatic rings. The Bertz CT molecular complexity index is 594. The predicted molar refractivity (Wildman–Crippen MR) is 84.7 cm³/mol. The van der Waals surface area contributed by atoms with Crippen molar-refractivity contribution in [2.45, 2.75) is 19.5 Å². The monoisotopic (exact) mass is 335 g/mol. The number of nitrogens with zero attached hydrogens (tertiary/aromatic N) is 1. The smallest absolute Gasteiger partial charge is 0.244 e. The van der Waals surface area contributed by atoms with E-state index in [4.69, 9.17) is 0 Å². The Morgan fingerprint density at radius 2 is 2.05 bits per heavy atom. The van der Waals surface area contributed by atoms with Gasteiger partial charge >= 0.3 is 0 Å². The molecule has 0 saturated heterocycles. The van der Waals surface area contributed by atoms with Crippen LogP contribution in [0.5, 0.6) is 0 Å². The Labute approximate surface area is 127 Å². The third kappa shape index (κ3) is 3.49. The fourth-order valence-electron chi connectivity index (χ4n) is 2.02. The zero-order chi connectivity index (χ0) is 14.5. The summed E-state index contributed by atoms with van der Waals surface area (Å²) in [7, 11) is 1.91. The van der Waals surface area contributed by atoms with Gasteiger partial charge in [-0.25, -0.2) is 0 Å². The highest BCUT2D eigenvalue weighted by Crippen LogP contribution is 2.21. The largest absolute Gasteiger partial charge is 0.341 e. The number of carbonyl (C=O) groups is 1.